The Kier molecular flexibility index (Phi) is 10.6. The maximum Gasteiger partial charge on any atom is 0.244 e. The highest BCUT2D eigenvalue weighted by Gasteiger charge is 2.32. The van der Waals surface area contributed by atoms with Crippen molar-refractivity contribution in [3.63, 3.8) is 0 Å². The van der Waals surface area contributed by atoms with Crippen LogP contribution < -0.4 is 14.4 Å². The zero-order valence-electron chi connectivity index (χ0n) is 24.6. The van der Waals surface area contributed by atoms with Crippen molar-refractivity contribution in [3.05, 3.63) is 131 Å². The lowest BCUT2D eigenvalue weighted by Crippen LogP contribution is -2.53. The average molecular weight is 600 g/mol. The average Bonchev–Trinajstić information content (AvgIpc) is 3.01. The quantitative estimate of drug-likeness (QED) is 0.240. The highest BCUT2D eigenvalue weighted by Crippen LogP contribution is 2.24. The smallest absolute Gasteiger partial charge is 0.244 e. The Bertz CT molecular complexity index is 1610. The van der Waals surface area contributed by atoms with Gasteiger partial charge in [-0.15, -0.1) is 0 Å². The highest BCUT2D eigenvalue weighted by molar-refractivity contribution is 7.92. The number of benzene rings is 4. The molecule has 4 rings (SSSR count). The number of likely N-dealkylation sites (N-methyl/N-ethyl adjacent to an activating group) is 1. The Balaban J connectivity index is 1.62. The normalized spacial score (nSPS) is 11.8. The molecule has 0 saturated heterocycles. The monoisotopic (exact) mass is 599 g/mol. The molecular formula is C34H37N3O5S. The molecular weight excluding hydrogens is 562 g/mol. The van der Waals surface area contributed by atoms with Crippen LogP contribution in [0.4, 0.5) is 5.69 Å². The van der Waals surface area contributed by atoms with E-state index in [1.807, 2.05) is 91.9 Å². The number of anilines is 1. The van der Waals surface area contributed by atoms with Gasteiger partial charge in [-0.1, -0.05) is 84.9 Å². The van der Waals surface area contributed by atoms with Gasteiger partial charge in [0.2, 0.25) is 21.8 Å². The van der Waals surface area contributed by atoms with Crippen molar-refractivity contribution in [1.82, 2.24) is 10.2 Å². The van der Waals surface area contributed by atoms with E-state index in [1.54, 1.807) is 24.3 Å². The summed E-state index contributed by atoms with van der Waals surface area (Å²) in [6.45, 7) is 1.97. The number of carbonyl (C=O) groups is 2. The van der Waals surface area contributed by atoms with E-state index >= 15 is 0 Å². The number of hydrogen-bond acceptors (Lipinski definition) is 5. The van der Waals surface area contributed by atoms with Crippen LogP contribution in [0.3, 0.4) is 0 Å². The molecule has 0 radical (unpaired) electrons. The summed E-state index contributed by atoms with van der Waals surface area (Å²) in [7, 11) is -2.33. The minimum Gasteiger partial charge on any atom is -0.489 e. The lowest BCUT2D eigenvalue weighted by Gasteiger charge is -2.33. The molecule has 9 heteroatoms. The summed E-state index contributed by atoms with van der Waals surface area (Å²) < 4.78 is 32.9. The molecule has 8 nitrogen and oxygen atoms in total. The third kappa shape index (κ3) is 8.68. The topological polar surface area (TPSA) is 96.0 Å². The first-order valence-electron chi connectivity index (χ1n) is 14.0. The minimum absolute atomic E-state index is 0.139. The molecule has 0 heterocycles. The van der Waals surface area contributed by atoms with E-state index in [9.17, 15) is 18.0 Å². The second-order valence-corrected chi connectivity index (χ2v) is 12.2. The van der Waals surface area contributed by atoms with Gasteiger partial charge in [0.15, 0.2) is 0 Å². The number of carbonyl (C=O) groups excluding carboxylic acids is 2. The third-order valence-corrected chi connectivity index (χ3v) is 8.31. The van der Waals surface area contributed by atoms with E-state index in [4.69, 9.17) is 4.74 Å². The van der Waals surface area contributed by atoms with Gasteiger partial charge in [0.25, 0.3) is 0 Å². The SMILES string of the molecule is CNC(=O)C(Cc1ccccc1)N(Cc1ccccc1C)C(=O)CN(c1ccc(OCc2ccccc2)cc1)S(C)(=O)=O. The molecule has 1 N–H and O–H groups in total. The van der Waals surface area contributed by atoms with Gasteiger partial charge in [-0.05, 0) is 53.4 Å². The third-order valence-electron chi connectivity index (χ3n) is 7.17. The Morgan fingerprint density at radius 1 is 0.814 bits per heavy atom. The van der Waals surface area contributed by atoms with E-state index in [1.165, 1.54) is 11.9 Å². The number of hydrogen-bond donors (Lipinski definition) is 1. The molecule has 1 atom stereocenters. The summed E-state index contributed by atoms with van der Waals surface area (Å²) in [4.78, 5) is 28.8. The highest BCUT2D eigenvalue weighted by atomic mass is 32.2. The molecule has 43 heavy (non-hydrogen) atoms. The first-order chi connectivity index (χ1) is 20.7. The second-order valence-electron chi connectivity index (χ2n) is 10.3. The Labute approximate surface area is 254 Å². The van der Waals surface area contributed by atoms with Crippen LogP contribution in [0.2, 0.25) is 0 Å². The zero-order chi connectivity index (χ0) is 30.8. The number of sulfonamides is 1. The second kappa shape index (κ2) is 14.5. The van der Waals surface area contributed by atoms with Crippen LogP contribution in [-0.4, -0.2) is 51.0 Å². The van der Waals surface area contributed by atoms with Crippen LogP contribution >= 0.6 is 0 Å². The largest absolute Gasteiger partial charge is 0.489 e. The number of nitrogens with zero attached hydrogens (tertiary/aromatic N) is 2. The molecule has 0 spiro atoms. The summed E-state index contributed by atoms with van der Waals surface area (Å²) in [6.07, 6.45) is 1.33. The van der Waals surface area contributed by atoms with Gasteiger partial charge in [-0.25, -0.2) is 8.42 Å². The lowest BCUT2D eigenvalue weighted by atomic mass is 10.0. The standard InChI is InChI=1S/C34H37N3O5S/c1-26-12-10-11-17-29(26)23-36(32(34(39)35-2)22-27-13-6-4-7-14-27)33(38)24-37(43(3,40)41)30-18-20-31(21-19-30)42-25-28-15-8-5-9-16-28/h4-21,32H,22-25H2,1-3H3,(H,35,39). The molecule has 224 valence electrons. The zero-order valence-corrected chi connectivity index (χ0v) is 25.5. The maximum absolute atomic E-state index is 14.1. The van der Waals surface area contributed by atoms with Crippen molar-refractivity contribution in [2.45, 2.75) is 32.5 Å². The van der Waals surface area contributed by atoms with Gasteiger partial charge in [0.05, 0.1) is 11.9 Å². The summed E-state index contributed by atoms with van der Waals surface area (Å²) in [6, 6.07) is 32.5. The van der Waals surface area contributed by atoms with Gasteiger partial charge < -0.3 is 15.0 Å². The Morgan fingerprint density at radius 2 is 1.40 bits per heavy atom. The molecule has 0 aliphatic carbocycles. The summed E-state index contributed by atoms with van der Waals surface area (Å²) in [5, 5.41) is 2.69. The molecule has 0 aliphatic rings. The van der Waals surface area contributed by atoms with Crippen molar-refractivity contribution < 1.29 is 22.7 Å². The van der Waals surface area contributed by atoms with Gasteiger partial charge in [-0.3, -0.25) is 13.9 Å². The number of aryl methyl sites for hydroxylation is 1. The van der Waals surface area contributed by atoms with Crippen LogP contribution in [0.15, 0.2) is 109 Å². The first kappa shape index (κ1) is 31.3. The van der Waals surface area contributed by atoms with Gasteiger partial charge in [0, 0.05) is 20.0 Å². The summed E-state index contributed by atoms with van der Waals surface area (Å²) in [5.41, 5.74) is 4.03. The van der Waals surface area contributed by atoms with E-state index in [0.717, 1.165) is 32.8 Å². The molecule has 0 aliphatic heterocycles. The Hall–Kier alpha value is -4.63. The van der Waals surface area contributed by atoms with E-state index in [2.05, 4.69) is 5.32 Å². The molecule has 2 amide bonds. The van der Waals surface area contributed by atoms with E-state index < -0.39 is 28.5 Å². The molecule has 0 saturated carbocycles. The van der Waals surface area contributed by atoms with Crippen LogP contribution in [0, 0.1) is 6.92 Å². The summed E-state index contributed by atoms with van der Waals surface area (Å²) >= 11 is 0. The van der Waals surface area contributed by atoms with Crippen molar-refractivity contribution >= 4 is 27.5 Å². The number of ether oxygens (including phenoxy) is 1. The van der Waals surface area contributed by atoms with Gasteiger partial charge in [0.1, 0.15) is 24.9 Å². The van der Waals surface area contributed by atoms with Crippen LogP contribution in [0.1, 0.15) is 22.3 Å². The first-order valence-corrected chi connectivity index (χ1v) is 15.8. The van der Waals surface area contributed by atoms with Gasteiger partial charge >= 0.3 is 0 Å². The minimum atomic E-state index is -3.86. The molecule has 0 fully saturated rings. The van der Waals surface area contributed by atoms with E-state index in [0.29, 0.717) is 18.0 Å². The van der Waals surface area contributed by atoms with Crippen LogP contribution in [0.25, 0.3) is 0 Å². The summed E-state index contributed by atoms with van der Waals surface area (Å²) in [5.74, 6) is -0.268. The van der Waals surface area contributed by atoms with Gasteiger partial charge in [-0.2, -0.15) is 0 Å². The molecule has 4 aromatic carbocycles. The number of amides is 2. The maximum atomic E-state index is 14.1. The Morgan fingerprint density at radius 3 is 1.98 bits per heavy atom. The van der Waals surface area contributed by atoms with Crippen molar-refractivity contribution in [3.8, 4) is 5.75 Å². The molecule has 4 aromatic rings. The van der Waals surface area contributed by atoms with Crippen LogP contribution in [0.5, 0.6) is 5.75 Å². The predicted octanol–water partition coefficient (Wildman–Crippen LogP) is 4.73. The molecule has 0 aromatic heterocycles. The molecule has 1 unspecified atom stereocenters. The van der Waals surface area contributed by atoms with Crippen molar-refractivity contribution in [1.29, 1.82) is 0 Å². The fourth-order valence-electron chi connectivity index (χ4n) is 4.75. The fraction of sp³-hybridized carbons (Fsp3) is 0.235. The fourth-order valence-corrected chi connectivity index (χ4v) is 5.60. The predicted molar refractivity (Wildman–Crippen MR) is 169 cm³/mol. The molecule has 0 bridgehead atoms. The number of nitrogens with one attached hydrogen (secondary N) is 1. The van der Waals surface area contributed by atoms with Crippen LogP contribution in [-0.2, 0) is 39.2 Å². The lowest BCUT2D eigenvalue weighted by molar-refractivity contribution is -0.139. The number of rotatable bonds is 13. The van der Waals surface area contributed by atoms with Crippen molar-refractivity contribution in [2.24, 2.45) is 0 Å². The van der Waals surface area contributed by atoms with E-state index in [-0.39, 0.29) is 18.9 Å². The van der Waals surface area contributed by atoms with Crippen molar-refractivity contribution in [2.75, 3.05) is 24.2 Å².